The second kappa shape index (κ2) is 5.85. The van der Waals surface area contributed by atoms with Gasteiger partial charge in [0.2, 0.25) is 0 Å². The number of benzene rings is 1. The summed E-state index contributed by atoms with van der Waals surface area (Å²) in [6, 6.07) is 1.84. The lowest BCUT2D eigenvalue weighted by Gasteiger charge is -2.22. The maximum atomic E-state index is 13.6. The molecule has 2 atom stereocenters. The first kappa shape index (κ1) is 16.7. The largest absolute Gasteiger partial charge is 0.336 e. The Labute approximate surface area is 135 Å². The smallest absolute Gasteiger partial charge is 0.262 e. The standard InChI is InChI=1S/C13H14BrClFNO3S/c1-7-3-8(2)17(6-7)13(18)10-4-9(16)5-11(12(10)14)21(15,19)20/h4-5,7-8H,3,6H2,1-2H3. The lowest BCUT2D eigenvalue weighted by atomic mass is 10.1. The number of carbonyl (C=O) groups excluding carboxylic acids is 1. The van der Waals surface area contributed by atoms with Crippen LogP contribution in [-0.2, 0) is 9.05 Å². The predicted octanol–water partition coefficient (Wildman–Crippen LogP) is 3.39. The van der Waals surface area contributed by atoms with Crippen molar-refractivity contribution in [1.82, 2.24) is 4.90 Å². The maximum absolute atomic E-state index is 13.6. The van der Waals surface area contributed by atoms with Gasteiger partial charge in [-0.3, -0.25) is 4.79 Å². The summed E-state index contributed by atoms with van der Waals surface area (Å²) in [4.78, 5) is 13.7. The van der Waals surface area contributed by atoms with Gasteiger partial charge in [-0.25, -0.2) is 12.8 Å². The molecule has 1 amide bonds. The summed E-state index contributed by atoms with van der Waals surface area (Å²) in [6.07, 6.45) is 0.860. The van der Waals surface area contributed by atoms with Gasteiger partial charge >= 0.3 is 0 Å². The molecule has 1 heterocycles. The highest BCUT2D eigenvalue weighted by Crippen LogP contribution is 2.32. The van der Waals surface area contributed by atoms with Crippen LogP contribution in [0.4, 0.5) is 4.39 Å². The molecule has 21 heavy (non-hydrogen) atoms. The van der Waals surface area contributed by atoms with Gasteiger partial charge in [0.05, 0.1) is 10.0 Å². The summed E-state index contributed by atoms with van der Waals surface area (Å²) in [5.41, 5.74) is -0.0322. The first-order valence-corrected chi connectivity index (χ1v) is 9.46. The Balaban J connectivity index is 2.50. The number of likely N-dealkylation sites (tertiary alicyclic amines) is 1. The number of carbonyl (C=O) groups is 1. The fraction of sp³-hybridized carbons (Fsp3) is 0.462. The molecule has 0 radical (unpaired) electrons. The molecule has 1 aliphatic rings. The van der Waals surface area contributed by atoms with Gasteiger partial charge in [0.25, 0.3) is 15.0 Å². The van der Waals surface area contributed by atoms with Crippen LogP contribution in [-0.4, -0.2) is 31.8 Å². The van der Waals surface area contributed by atoms with E-state index in [2.05, 4.69) is 15.9 Å². The van der Waals surface area contributed by atoms with Gasteiger partial charge < -0.3 is 4.90 Å². The highest BCUT2D eigenvalue weighted by atomic mass is 79.9. The van der Waals surface area contributed by atoms with E-state index in [0.717, 1.165) is 18.6 Å². The van der Waals surface area contributed by atoms with Crippen LogP contribution in [0.3, 0.4) is 0 Å². The van der Waals surface area contributed by atoms with Crippen LogP contribution in [0.5, 0.6) is 0 Å². The zero-order chi connectivity index (χ0) is 15.9. The third-order valence-corrected chi connectivity index (χ3v) is 6.00. The van der Waals surface area contributed by atoms with Gasteiger partial charge in [0, 0.05) is 23.3 Å². The number of amides is 1. The molecule has 116 valence electrons. The molecule has 1 aromatic carbocycles. The van der Waals surface area contributed by atoms with Gasteiger partial charge in [0.1, 0.15) is 10.7 Å². The number of nitrogens with zero attached hydrogens (tertiary/aromatic N) is 1. The lowest BCUT2D eigenvalue weighted by molar-refractivity contribution is 0.0742. The average molecular weight is 399 g/mol. The molecule has 4 nitrogen and oxygen atoms in total. The summed E-state index contributed by atoms with van der Waals surface area (Å²) in [7, 11) is 1.13. The van der Waals surface area contributed by atoms with E-state index in [4.69, 9.17) is 10.7 Å². The Morgan fingerprint density at radius 3 is 2.52 bits per heavy atom. The topological polar surface area (TPSA) is 54.5 Å². The highest BCUT2D eigenvalue weighted by Gasteiger charge is 2.33. The molecule has 0 N–H and O–H groups in total. The van der Waals surface area contributed by atoms with E-state index < -0.39 is 25.7 Å². The third-order valence-electron chi connectivity index (χ3n) is 3.54. The molecular weight excluding hydrogens is 385 g/mol. The van der Waals surface area contributed by atoms with E-state index in [-0.39, 0.29) is 16.1 Å². The minimum absolute atomic E-state index is 0.00402. The molecule has 2 rings (SSSR count). The molecule has 0 bridgehead atoms. The molecule has 8 heteroatoms. The molecule has 0 aromatic heterocycles. The zero-order valence-electron chi connectivity index (χ0n) is 11.4. The van der Waals surface area contributed by atoms with Gasteiger partial charge in [0.15, 0.2) is 0 Å². The van der Waals surface area contributed by atoms with Crippen molar-refractivity contribution in [2.75, 3.05) is 6.54 Å². The van der Waals surface area contributed by atoms with E-state index in [1.165, 1.54) is 0 Å². The molecule has 0 saturated carbocycles. The van der Waals surface area contributed by atoms with Crippen molar-refractivity contribution >= 4 is 41.6 Å². The number of hydrogen-bond acceptors (Lipinski definition) is 3. The maximum Gasteiger partial charge on any atom is 0.262 e. The van der Waals surface area contributed by atoms with Crippen molar-refractivity contribution in [3.63, 3.8) is 0 Å². The van der Waals surface area contributed by atoms with E-state index in [1.54, 1.807) is 4.90 Å². The zero-order valence-corrected chi connectivity index (χ0v) is 14.6. The molecule has 0 aliphatic carbocycles. The van der Waals surface area contributed by atoms with Gasteiger partial charge in [-0.2, -0.15) is 0 Å². The van der Waals surface area contributed by atoms with Gasteiger partial charge in [-0.15, -0.1) is 0 Å². The summed E-state index contributed by atoms with van der Waals surface area (Å²) in [6.45, 7) is 4.50. The second-order valence-corrected chi connectivity index (χ2v) is 8.68. The summed E-state index contributed by atoms with van der Waals surface area (Å²) < 4.78 is 36.6. The number of hydrogen-bond donors (Lipinski definition) is 0. The average Bonchev–Trinajstić information content (AvgIpc) is 2.68. The molecular formula is C13H14BrClFNO3S. The summed E-state index contributed by atoms with van der Waals surface area (Å²) >= 11 is 3.06. The normalized spacial score (nSPS) is 22.6. The predicted molar refractivity (Wildman–Crippen MR) is 81.4 cm³/mol. The van der Waals surface area contributed by atoms with E-state index in [9.17, 15) is 17.6 Å². The Kier molecular flexibility index (Phi) is 4.66. The monoisotopic (exact) mass is 397 g/mol. The van der Waals surface area contributed by atoms with Gasteiger partial charge in [-0.05, 0) is 47.3 Å². The summed E-state index contributed by atoms with van der Waals surface area (Å²) in [5.74, 6) is -0.868. The Morgan fingerprint density at radius 1 is 1.43 bits per heavy atom. The van der Waals surface area contributed by atoms with Crippen LogP contribution in [0.15, 0.2) is 21.5 Å². The van der Waals surface area contributed by atoms with Crippen molar-refractivity contribution in [2.45, 2.75) is 31.2 Å². The molecule has 2 unspecified atom stereocenters. The fourth-order valence-electron chi connectivity index (χ4n) is 2.63. The highest BCUT2D eigenvalue weighted by molar-refractivity contribution is 9.10. The summed E-state index contributed by atoms with van der Waals surface area (Å²) in [5, 5.41) is 0. The van der Waals surface area contributed by atoms with Crippen molar-refractivity contribution in [3.8, 4) is 0 Å². The van der Waals surface area contributed by atoms with Crippen molar-refractivity contribution in [2.24, 2.45) is 5.92 Å². The third kappa shape index (κ3) is 3.40. The van der Waals surface area contributed by atoms with Crippen LogP contribution < -0.4 is 0 Å². The van der Waals surface area contributed by atoms with E-state index >= 15 is 0 Å². The molecule has 1 aliphatic heterocycles. The first-order valence-electron chi connectivity index (χ1n) is 6.36. The number of halogens is 3. The molecule has 1 aromatic rings. The molecule has 0 spiro atoms. The van der Waals surface area contributed by atoms with Crippen LogP contribution in [0, 0.1) is 11.7 Å². The lowest BCUT2D eigenvalue weighted by Crippen LogP contribution is -2.34. The Hall–Kier alpha value is -0.660. The Morgan fingerprint density at radius 2 is 2.05 bits per heavy atom. The second-order valence-electron chi connectivity index (χ2n) is 5.35. The van der Waals surface area contributed by atoms with E-state index in [1.807, 2.05) is 13.8 Å². The Bertz CT molecular complexity index is 695. The van der Waals surface area contributed by atoms with Crippen LogP contribution in [0.2, 0.25) is 0 Å². The first-order chi connectivity index (χ1) is 9.61. The minimum Gasteiger partial charge on any atom is -0.336 e. The fourth-order valence-corrected chi connectivity index (χ4v) is 4.89. The van der Waals surface area contributed by atoms with Crippen LogP contribution >= 0.6 is 26.6 Å². The van der Waals surface area contributed by atoms with Crippen LogP contribution in [0.25, 0.3) is 0 Å². The van der Waals surface area contributed by atoms with E-state index in [0.29, 0.717) is 12.5 Å². The minimum atomic E-state index is -4.15. The molecule has 1 fully saturated rings. The molecule has 1 saturated heterocycles. The quantitative estimate of drug-likeness (QED) is 0.718. The van der Waals surface area contributed by atoms with Gasteiger partial charge in [-0.1, -0.05) is 6.92 Å². The SMILES string of the molecule is CC1CC(C)N(C(=O)c2cc(F)cc(S(=O)(=O)Cl)c2Br)C1. The number of rotatable bonds is 2. The van der Waals surface area contributed by atoms with Crippen LogP contribution in [0.1, 0.15) is 30.6 Å². The van der Waals surface area contributed by atoms with Crippen molar-refractivity contribution < 1.29 is 17.6 Å². The van der Waals surface area contributed by atoms with Crippen molar-refractivity contribution in [3.05, 3.63) is 28.0 Å². The van der Waals surface area contributed by atoms with Crippen molar-refractivity contribution in [1.29, 1.82) is 0 Å².